The molecule has 0 atom stereocenters. The van der Waals surface area contributed by atoms with Crippen LogP contribution in [-0.4, -0.2) is 44.5 Å². The molecule has 0 aliphatic heterocycles. The van der Waals surface area contributed by atoms with E-state index < -0.39 is 9.84 Å². The highest BCUT2D eigenvalue weighted by atomic mass is 32.2. The summed E-state index contributed by atoms with van der Waals surface area (Å²) in [5, 5.41) is 7.07. The molecule has 0 saturated heterocycles. The van der Waals surface area contributed by atoms with E-state index >= 15 is 0 Å². The molecule has 2 N–H and O–H groups in total. The van der Waals surface area contributed by atoms with Crippen molar-refractivity contribution in [2.45, 2.75) is 26.3 Å². The van der Waals surface area contributed by atoms with Gasteiger partial charge in [0.15, 0.2) is 0 Å². The van der Waals surface area contributed by atoms with Gasteiger partial charge in [0.1, 0.15) is 15.6 Å². The summed E-state index contributed by atoms with van der Waals surface area (Å²) in [7, 11) is -2.98. The molecule has 1 heterocycles. The fourth-order valence-electron chi connectivity index (χ4n) is 3.51. The van der Waals surface area contributed by atoms with E-state index in [1.807, 2.05) is 37.3 Å². The van der Waals surface area contributed by atoms with Crippen molar-refractivity contribution in [1.82, 2.24) is 10.3 Å². The lowest BCUT2D eigenvalue weighted by Crippen LogP contribution is -2.22. The maximum atomic E-state index is 12.7. The fourth-order valence-corrected chi connectivity index (χ4v) is 4.03. The van der Waals surface area contributed by atoms with Crippen molar-refractivity contribution in [3.05, 3.63) is 65.4 Å². The molecule has 33 heavy (non-hydrogen) atoms. The Morgan fingerprint density at radius 3 is 2.61 bits per heavy atom. The van der Waals surface area contributed by atoms with Crippen LogP contribution >= 0.6 is 0 Å². The second kappa shape index (κ2) is 9.89. The molecule has 3 aromatic rings. The number of hydrogen-bond acceptors (Lipinski definition) is 6. The average molecular weight is 468 g/mol. The quantitative estimate of drug-likeness (QED) is 0.441. The van der Waals surface area contributed by atoms with Gasteiger partial charge >= 0.3 is 0 Å². The highest BCUT2D eigenvalue weighted by Crippen LogP contribution is 2.29. The van der Waals surface area contributed by atoms with Gasteiger partial charge in [-0.1, -0.05) is 6.07 Å². The van der Waals surface area contributed by atoms with Gasteiger partial charge in [-0.2, -0.15) is 0 Å². The van der Waals surface area contributed by atoms with Crippen molar-refractivity contribution >= 4 is 32.3 Å². The summed E-state index contributed by atoms with van der Waals surface area (Å²) in [6.45, 7) is 3.61. The van der Waals surface area contributed by atoms with Crippen LogP contribution in [0.3, 0.4) is 0 Å². The number of carbonyl (C=O) groups is 1. The van der Waals surface area contributed by atoms with Crippen LogP contribution in [0.4, 0.5) is 5.69 Å². The van der Waals surface area contributed by atoms with Gasteiger partial charge in [-0.15, -0.1) is 0 Å². The predicted molar refractivity (Wildman–Crippen MR) is 131 cm³/mol. The van der Waals surface area contributed by atoms with Crippen LogP contribution in [0.5, 0.6) is 5.75 Å². The Hall–Kier alpha value is -2.97. The molecule has 1 aliphatic rings. The van der Waals surface area contributed by atoms with Crippen molar-refractivity contribution in [3.8, 4) is 5.75 Å². The zero-order valence-electron chi connectivity index (χ0n) is 18.9. The molecule has 2 aromatic carbocycles. The first-order valence-electron chi connectivity index (χ1n) is 11.1. The summed E-state index contributed by atoms with van der Waals surface area (Å²) in [6.07, 6.45) is 5.48. The monoisotopic (exact) mass is 467 g/mol. The highest BCUT2D eigenvalue weighted by molar-refractivity contribution is 7.90. The van der Waals surface area contributed by atoms with Gasteiger partial charge in [-0.3, -0.25) is 9.78 Å². The van der Waals surface area contributed by atoms with Crippen LogP contribution in [-0.2, 0) is 16.4 Å². The van der Waals surface area contributed by atoms with Crippen molar-refractivity contribution < 1.29 is 17.9 Å². The Morgan fingerprint density at radius 2 is 1.91 bits per heavy atom. The van der Waals surface area contributed by atoms with Crippen LogP contribution in [0.15, 0.2) is 48.7 Å². The van der Waals surface area contributed by atoms with Gasteiger partial charge in [0.25, 0.3) is 5.91 Å². The molecule has 1 saturated carbocycles. The number of hydrogen-bond donors (Lipinski definition) is 2. The van der Waals surface area contributed by atoms with Crippen molar-refractivity contribution in [1.29, 1.82) is 0 Å². The number of carbonyl (C=O) groups excluding carboxylic acids is 1. The number of fused-ring (bicyclic) bond motifs is 1. The maximum absolute atomic E-state index is 12.7. The number of ether oxygens (including phenoxy) is 1. The first kappa shape index (κ1) is 23.2. The topological polar surface area (TPSA) is 97.4 Å². The first-order chi connectivity index (χ1) is 15.8. The second-order valence-electron chi connectivity index (χ2n) is 8.69. The van der Waals surface area contributed by atoms with E-state index in [1.165, 1.54) is 19.1 Å². The summed E-state index contributed by atoms with van der Waals surface area (Å²) in [4.78, 5) is 17.3. The molecule has 1 amide bonds. The zero-order chi connectivity index (χ0) is 23.4. The van der Waals surface area contributed by atoms with Crippen LogP contribution in [0.25, 0.3) is 10.9 Å². The van der Waals surface area contributed by atoms with E-state index in [9.17, 15) is 13.2 Å². The van der Waals surface area contributed by atoms with Gasteiger partial charge in [-0.25, -0.2) is 8.42 Å². The van der Waals surface area contributed by atoms with Crippen LogP contribution in [0.1, 0.15) is 34.3 Å². The lowest BCUT2D eigenvalue weighted by molar-refractivity contribution is 0.102. The number of nitrogens with one attached hydrogen (secondary N) is 2. The summed E-state index contributed by atoms with van der Waals surface area (Å²) in [5.74, 6) is 1.39. The Morgan fingerprint density at radius 1 is 1.15 bits per heavy atom. The van der Waals surface area contributed by atoms with Gasteiger partial charge in [0.2, 0.25) is 0 Å². The van der Waals surface area contributed by atoms with Crippen molar-refractivity contribution in [2.24, 2.45) is 5.92 Å². The summed E-state index contributed by atoms with van der Waals surface area (Å²) in [5.41, 5.74) is 3.96. The largest absolute Gasteiger partial charge is 0.493 e. The summed E-state index contributed by atoms with van der Waals surface area (Å²) in [6, 6.07) is 13.0. The number of benzene rings is 2. The average Bonchev–Trinajstić information content (AvgIpc) is 3.61. The molecule has 0 unspecified atom stereocenters. The van der Waals surface area contributed by atoms with E-state index in [4.69, 9.17) is 4.74 Å². The minimum absolute atomic E-state index is 0.104. The molecule has 0 bridgehead atoms. The number of aromatic nitrogens is 1. The molecule has 4 rings (SSSR count). The Balaban J connectivity index is 1.39. The summed E-state index contributed by atoms with van der Waals surface area (Å²) < 4.78 is 28.2. The summed E-state index contributed by atoms with van der Waals surface area (Å²) >= 11 is 0. The lowest BCUT2D eigenvalue weighted by Gasteiger charge is -2.12. The number of rotatable bonds is 10. The number of anilines is 1. The Kier molecular flexibility index (Phi) is 6.95. The van der Waals surface area contributed by atoms with Crippen LogP contribution < -0.4 is 15.4 Å². The van der Waals surface area contributed by atoms with Crippen molar-refractivity contribution in [2.75, 3.05) is 30.5 Å². The third-order valence-electron chi connectivity index (χ3n) is 5.69. The predicted octanol–water partition coefficient (Wildman–Crippen LogP) is 3.72. The molecule has 1 fully saturated rings. The number of aryl methyl sites for hydroxylation is 1. The van der Waals surface area contributed by atoms with E-state index in [0.29, 0.717) is 30.3 Å². The van der Waals surface area contributed by atoms with Crippen LogP contribution in [0.2, 0.25) is 0 Å². The highest BCUT2D eigenvalue weighted by Gasteiger charge is 2.21. The Labute approximate surface area is 194 Å². The zero-order valence-corrected chi connectivity index (χ0v) is 19.7. The van der Waals surface area contributed by atoms with Gasteiger partial charge < -0.3 is 15.4 Å². The Bertz CT molecular complexity index is 1250. The number of sulfone groups is 1. The van der Waals surface area contributed by atoms with E-state index in [2.05, 4.69) is 15.6 Å². The smallest absolute Gasteiger partial charge is 0.255 e. The van der Waals surface area contributed by atoms with E-state index in [0.717, 1.165) is 34.4 Å². The number of amides is 1. The molecule has 1 aromatic heterocycles. The SMILES string of the molecule is Cc1c(NC(=O)c2ccc(OCC3CC3)cc2)ccc2cc(CNCCS(C)(=O)=O)cnc12. The molecular formula is C25H29N3O4S. The molecule has 0 radical (unpaired) electrons. The van der Waals surface area contributed by atoms with Gasteiger partial charge in [-0.05, 0) is 73.2 Å². The third-order valence-corrected chi connectivity index (χ3v) is 6.63. The van der Waals surface area contributed by atoms with Gasteiger partial charge in [0, 0.05) is 42.2 Å². The molecule has 0 spiro atoms. The van der Waals surface area contributed by atoms with Crippen molar-refractivity contribution in [3.63, 3.8) is 0 Å². The maximum Gasteiger partial charge on any atom is 0.255 e. The van der Waals surface area contributed by atoms with E-state index in [1.54, 1.807) is 18.3 Å². The first-order valence-corrected chi connectivity index (χ1v) is 13.2. The normalized spacial score (nSPS) is 13.8. The molecule has 174 valence electrons. The lowest BCUT2D eigenvalue weighted by atomic mass is 10.1. The standard InChI is InChI=1S/C25H29N3O4S/c1-17-23(28-25(29)20-5-8-22(9-6-20)32-16-18-3-4-18)10-7-21-13-19(15-27-24(17)21)14-26-11-12-33(2,30)31/h5-10,13,15,18,26H,3-4,11-12,14,16H2,1-2H3,(H,28,29). The number of nitrogens with zero attached hydrogens (tertiary/aromatic N) is 1. The van der Waals surface area contributed by atoms with Crippen LogP contribution in [0, 0.1) is 12.8 Å². The van der Waals surface area contributed by atoms with Gasteiger partial charge in [0.05, 0.1) is 17.9 Å². The minimum Gasteiger partial charge on any atom is -0.493 e. The second-order valence-corrected chi connectivity index (χ2v) is 11.0. The number of pyridine rings is 1. The van der Waals surface area contributed by atoms with E-state index in [-0.39, 0.29) is 11.7 Å². The molecule has 7 nitrogen and oxygen atoms in total. The third kappa shape index (κ3) is 6.52. The molecule has 1 aliphatic carbocycles. The molecular weight excluding hydrogens is 438 g/mol. The fraction of sp³-hybridized carbons (Fsp3) is 0.360. The minimum atomic E-state index is -2.98. The molecule has 8 heteroatoms.